The van der Waals surface area contributed by atoms with Gasteiger partial charge in [0.2, 0.25) is 21.8 Å². The van der Waals surface area contributed by atoms with Crippen LogP contribution >= 0.6 is 0 Å². The molecule has 1 aromatic rings. The highest BCUT2D eigenvalue weighted by Gasteiger charge is 2.37. The quantitative estimate of drug-likeness (QED) is 0.646. The molecule has 0 unspecified atom stereocenters. The minimum atomic E-state index is -3.71. The molecule has 0 saturated heterocycles. The lowest BCUT2D eigenvalue weighted by Crippen LogP contribution is -2.53. The fourth-order valence-corrected chi connectivity index (χ4v) is 2.50. The van der Waals surface area contributed by atoms with Gasteiger partial charge >= 0.3 is 0 Å². The maximum atomic E-state index is 12.3. The van der Waals surface area contributed by atoms with Crippen molar-refractivity contribution in [2.24, 2.45) is 10.6 Å². The summed E-state index contributed by atoms with van der Waals surface area (Å²) in [5, 5.41) is 10.6. The van der Waals surface area contributed by atoms with Gasteiger partial charge in [0.1, 0.15) is 5.41 Å². The minimum Gasteiger partial charge on any atom is -0.355 e. The third-order valence-corrected chi connectivity index (χ3v) is 4.50. The standard InChI is InChI=1S/C17H27N3O4S/c1-16(2,3)20-15(22)17(4,5)14(21)19-11-10-12-6-8-13(9-7-12)25(18,23)24/h6-9H,10-11H2,1-5H3,(H,19,21)(H,20,22)(H2,18,23,24). The van der Waals surface area contributed by atoms with Gasteiger partial charge in [-0.3, -0.25) is 9.59 Å². The number of rotatable bonds is 6. The summed E-state index contributed by atoms with van der Waals surface area (Å²) in [6.07, 6.45) is 0.508. The zero-order valence-electron chi connectivity index (χ0n) is 15.3. The fraction of sp³-hybridized carbons (Fsp3) is 0.529. The van der Waals surface area contributed by atoms with E-state index in [0.717, 1.165) is 5.56 Å². The normalized spacial score (nSPS) is 12.6. The molecular formula is C17H27N3O4S. The Hall–Kier alpha value is -1.93. The molecule has 1 aromatic carbocycles. The third-order valence-electron chi connectivity index (χ3n) is 3.57. The molecule has 0 fully saturated rings. The number of hydrogen-bond acceptors (Lipinski definition) is 4. The number of sulfonamides is 1. The first-order valence-corrected chi connectivity index (χ1v) is 9.51. The summed E-state index contributed by atoms with van der Waals surface area (Å²) < 4.78 is 22.4. The lowest BCUT2D eigenvalue weighted by molar-refractivity contribution is -0.142. The fourth-order valence-electron chi connectivity index (χ4n) is 1.99. The van der Waals surface area contributed by atoms with Gasteiger partial charge in [-0.2, -0.15) is 0 Å². The number of benzene rings is 1. The van der Waals surface area contributed by atoms with Gasteiger partial charge in [-0.05, 0) is 58.7 Å². The van der Waals surface area contributed by atoms with Crippen LogP contribution in [0.2, 0.25) is 0 Å². The number of hydrogen-bond donors (Lipinski definition) is 3. The molecule has 0 saturated carbocycles. The molecule has 0 heterocycles. The number of amides is 2. The Morgan fingerprint density at radius 2 is 1.52 bits per heavy atom. The van der Waals surface area contributed by atoms with E-state index in [-0.39, 0.29) is 16.7 Å². The molecule has 140 valence electrons. The zero-order chi connectivity index (χ0) is 19.5. The Balaban J connectivity index is 2.60. The molecule has 7 nitrogen and oxygen atoms in total. The molecule has 0 aliphatic carbocycles. The summed E-state index contributed by atoms with van der Waals surface area (Å²) in [4.78, 5) is 24.6. The maximum Gasteiger partial charge on any atom is 0.238 e. The Kier molecular flexibility index (Phi) is 6.36. The molecule has 0 aliphatic heterocycles. The first-order chi connectivity index (χ1) is 11.2. The second-order valence-corrected chi connectivity index (χ2v) is 9.09. The van der Waals surface area contributed by atoms with E-state index < -0.39 is 21.0 Å². The van der Waals surface area contributed by atoms with E-state index in [1.807, 2.05) is 20.8 Å². The van der Waals surface area contributed by atoms with E-state index >= 15 is 0 Å². The van der Waals surface area contributed by atoms with E-state index in [0.29, 0.717) is 13.0 Å². The van der Waals surface area contributed by atoms with Crippen LogP contribution in [0, 0.1) is 5.41 Å². The van der Waals surface area contributed by atoms with E-state index in [2.05, 4.69) is 10.6 Å². The summed E-state index contributed by atoms with van der Waals surface area (Å²) in [7, 11) is -3.71. The van der Waals surface area contributed by atoms with Crippen molar-refractivity contribution in [1.29, 1.82) is 0 Å². The van der Waals surface area contributed by atoms with Crippen LogP contribution in [0.15, 0.2) is 29.2 Å². The lowest BCUT2D eigenvalue weighted by Gasteiger charge is -2.28. The second kappa shape index (κ2) is 7.53. The van der Waals surface area contributed by atoms with Crippen molar-refractivity contribution in [1.82, 2.24) is 10.6 Å². The van der Waals surface area contributed by atoms with Crippen LogP contribution in [0.1, 0.15) is 40.2 Å². The summed E-state index contributed by atoms with van der Waals surface area (Å²) in [6, 6.07) is 6.13. The average Bonchev–Trinajstić information content (AvgIpc) is 2.44. The third kappa shape index (κ3) is 6.47. The van der Waals surface area contributed by atoms with Crippen molar-refractivity contribution in [3.05, 3.63) is 29.8 Å². The van der Waals surface area contributed by atoms with Gasteiger partial charge in [-0.15, -0.1) is 0 Å². The van der Waals surface area contributed by atoms with Gasteiger partial charge in [0.05, 0.1) is 4.90 Å². The SMILES string of the molecule is CC(C)(C)NC(=O)C(C)(C)C(=O)NCCc1ccc(S(N)(=O)=O)cc1. The molecule has 25 heavy (non-hydrogen) atoms. The van der Waals surface area contributed by atoms with Crippen molar-refractivity contribution in [2.45, 2.75) is 51.5 Å². The molecule has 2 amide bonds. The summed E-state index contributed by atoms with van der Waals surface area (Å²) in [5.74, 6) is -0.703. The van der Waals surface area contributed by atoms with Gasteiger partial charge in [0, 0.05) is 12.1 Å². The number of carbonyl (C=O) groups is 2. The Morgan fingerprint density at radius 3 is 1.96 bits per heavy atom. The van der Waals surface area contributed by atoms with Crippen LogP contribution in [0.25, 0.3) is 0 Å². The molecule has 0 aliphatic rings. The van der Waals surface area contributed by atoms with Crippen molar-refractivity contribution in [3.8, 4) is 0 Å². The highest BCUT2D eigenvalue weighted by atomic mass is 32.2. The highest BCUT2D eigenvalue weighted by molar-refractivity contribution is 7.89. The Morgan fingerprint density at radius 1 is 1.00 bits per heavy atom. The summed E-state index contributed by atoms with van der Waals surface area (Å²) >= 11 is 0. The molecular weight excluding hydrogens is 342 g/mol. The maximum absolute atomic E-state index is 12.3. The molecule has 4 N–H and O–H groups in total. The van der Waals surface area contributed by atoms with Gasteiger partial charge in [0.25, 0.3) is 0 Å². The summed E-state index contributed by atoms with van der Waals surface area (Å²) in [5.41, 5.74) is -0.755. The first-order valence-electron chi connectivity index (χ1n) is 7.96. The van der Waals surface area contributed by atoms with Gasteiger partial charge in [-0.25, -0.2) is 13.6 Å². The summed E-state index contributed by atoms with van der Waals surface area (Å²) in [6.45, 7) is 9.03. The van der Waals surface area contributed by atoms with Crippen LogP contribution < -0.4 is 15.8 Å². The Labute approximate surface area is 149 Å². The topological polar surface area (TPSA) is 118 Å². The molecule has 8 heteroatoms. The van der Waals surface area contributed by atoms with Crippen molar-refractivity contribution in [3.63, 3.8) is 0 Å². The zero-order valence-corrected chi connectivity index (χ0v) is 16.2. The largest absolute Gasteiger partial charge is 0.355 e. The molecule has 1 rings (SSSR count). The number of carbonyl (C=O) groups excluding carboxylic acids is 2. The van der Waals surface area contributed by atoms with Crippen LogP contribution in [-0.2, 0) is 26.0 Å². The van der Waals surface area contributed by atoms with E-state index in [4.69, 9.17) is 5.14 Å². The minimum absolute atomic E-state index is 0.0419. The van der Waals surface area contributed by atoms with Crippen molar-refractivity contribution < 1.29 is 18.0 Å². The number of primary sulfonamides is 1. The van der Waals surface area contributed by atoms with Crippen molar-refractivity contribution >= 4 is 21.8 Å². The smallest absolute Gasteiger partial charge is 0.238 e. The molecule has 0 aromatic heterocycles. The predicted molar refractivity (Wildman–Crippen MR) is 96.2 cm³/mol. The molecule has 0 bridgehead atoms. The van der Waals surface area contributed by atoms with E-state index in [1.165, 1.54) is 12.1 Å². The van der Waals surface area contributed by atoms with Gasteiger partial charge in [-0.1, -0.05) is 12.1 Å². The molecule has 0 spiro atoms. The highest BCUT2D eigenvalue weighted by Crippen LogP contribution is 2.17. The van der Waals surface area contributed by atoms with E-state index in [1.54, 1.807) is 26.0 Å². The first kappa shape index (κ1) is 21.1. The average molecular weight is 369 g/mol. The molecule has 0 atom stereocenters. The number of nitrogens with two attached hydrogens (primary N) is 1. The van der Waals surface area contributed by atoms with Crippen LogP contribution in [0.5, 0.6) is 0 Å². The number of nitrogens with one attached hydrogen (secondary N) is 2. The van der Waals surface area contributed by atoms with Crippen LogP contribution in [-0.4, -0.2) is 32.3 Å². The Bertz CT molecular complexity index is 732. The monoisotopic (exact) mass is 369 g/mol. The second-order valence-electron chi connectivity index (χ2n) is 7.52. The van der Waals surface area contributed by atoms with Crippen molar-refractivity contribution in [2.75, 3.05) is 6.54 Å². The predicted octanol–water partition coefficient (Wildman–Crippen LogP) is 0.934. The van der Waals surface area contributed by atoms with Gasteiger partial charge < -0.3 is 10.6 Å². The molecule has 0 radical (unpaired) electrons. The van der Waals surface area contributed by atoms with E-state index in [9.17, 15) is 18.0 Å². The van der Waals surface area contributed by atoms with Gasteiger partial charge in [0.15, 0.2) is 0 Å². The van der Waals surface area contributed by atoms with Crippen LogP contribution in [0.4, 0.5) is 0 Å². The lowest BCUT2D eigenvalue weighted by atomic mass is 9.89. The van der Waals surface area contributed by atoms with Crippen LogP contribution in [0.3, 0.4) is 0 Å².